The number of halogens is 3. The molecule has 3 N–H and O–H groups in total. The van der Waals surface area contributed by atoms with Crippen molar-refractivity contribution in [1.82, 2.24) is 0 Å². The number of anilines is 2. The fourth-order valence-corrected chi connectivity index (χ4v) is 2.54. The van der Waals surface area contributed by atoms with Gasteiger partial charge in [0, 0.05) is 30.4 Å². The van der Waals surface area contributed by atoms with Gasteiger partial charge in [-0.05, 0) is 31.0 Å². The summed E-state index contributed by atoms with van der Waals surface area (Å²) in [6.45, 7) is 3.38. The van der Waals surface area contributed by atoms with Crippen LogP contribution in [0, 0.1) is 5.92 Å². The van der Waals surface area contributed by atoms with Gasteiger partial charge in [0.2, 0.25) is 0 Å². The van der Waals surface area contributed by atoms with Crippen LogP contribution in [-0.2, 0) is 10.9 Å². The quantitative estimate of drug-likeness (QED) is 0.833. The Hall–Kier alpha value is -1.43. The van der Waals surface area contributed by atoms with E-state index in [0.717, 1.165) is 25.5 Å². The summed E-state index contributed by atoms with van der Waals surface area (Å²) in [7, 11) is 0. The maximum Gasteiger partial charge on any atom is 0.418 e. The Kier molecular flexibility index (Phi) is 4.42. The lowest BCUT2D eigenvalue weighted by Gasteiger charge is -2.19. The van der Waals surface area contributed by atoms with E-state index in [0.29, 0.717) is 18.2 Å². The highest BCUT2D eigenvalue weighted by Gasteiger charge is 2.33. The van der Waals surface area contributed by atoms with Gasteiger partial charge in [-0.3, -0.25) is 0 Å². The highest BCUT2D eigenvalue weighted by molar-refractivity contribution is 5.58. The molecule has 20 heavy (non-hydrogen) atoms. The molecule has 1 aromatic carbocycles. The number of nitrogens with two attached hydrogens (primary N) is 1. The Bertz CT molecular complexity index is 462. The van der Waals surface area contributed by atoms with Gasteiger partial charge in [0.15, 0.2) is 0 Å². The van der Waals surface area contributed by atoms with E-state index in [4.69, 9.17) is 10.5 Å². The molecule has 1 aliphatic rings. The molecule has 0 aliphatic carbocycles. The Morgan fingerprint density at radius 1 is 1.40 bits per heavy atom. The zero-order valence-electron chi connectivity index (χ0n) is 11.3. The molecular weight excluding hydrogens is 269 g/mol. The van der Waals surface area contributed by atoms with Gasteiger partial charge in [0.05, 0.1) is 11.7 Å². The third kappa shape index (κ3) is 3.36. The third-order valence-corrected chi connectivity index (χ3v) is 3.68. The second kappa shape index (κ2) is 5.91. The van der Waals surface area contributed by atoms with Gasteiger partial charge in [0.1, 0.15) is 0 Å². The van der Waals surface area contributed by atoms with Gasteiger partial charge < -0.3 is 15.8 Å². The van der Waals surface area contributed by atoms with E-state index in [2.05, 4.69) is 5.32 Å². The maximum atomic E-state index is 12.8. The van der Waals surface area contributed by atoms with Crippen LogP contribution in [0.2, 0.25) is 0 Å². The van der Waals surface area contributed by atoms with Crippen LogP contribution in [0.25, 0.3) is 0 Å². The lowest BCUT2D eigenvalue weighted by molar-refractivity contribution is -0.136. The maximum absolute atomic E-state index is 12.8. The predicted octanol–water partition coefficient (Wildman–Crippen LogP) is 3.51. The van der Waals surface area contributed by atoms with Crippen LogP contribution in [-0.4, -0.2) is 19.3 Å². The van der Waals surface area contributed by atoms with E-state index in [-0.39, 0.29) is 11.8 Å². The molecule has 2 rings (SSSR count). The Balaban J connectivity index is 2.03. The molecule has 1 heterocycles. The summed E-state index contributed by atoms with van der Waals surface area (Å²) >= 11 is 0. The van der Waals surface area contributed by atoms with Crippen LogP contribution in [0.15, 0.2) is 18.2 Å². The molecule has 0 saturated carbocycles. The van der Waals surface area contributed by atoms with Crippen molar-refractivity contribution < 1.29 is 17.9 Å². The zero-order valence-corrected chi connectivity index (χ0v) is 11.3. The predicted molar refractivity (Wildman–Crippen MR) is 72.5 cm³/mol. The number of nitrogens with one attached hydrogen (secondary N) is 1. The van der Waals surface area contributed by atoms with Crippen molar-refractivity contribution in [3.05, 3.63) is 23.8 Å². The Morgan fingerprint density at radius 3 is 2.80 bits per heavy atom. The van der Waals surface area contributed by atoms with E-state index in [1.807, 2.05) is 6.92 Å². The first kappa shape index (κ1) is 15.0. The van der Waals surface area contributed by atoms with Crippen molar-refractivity contribution in [2.75, 3.05) is 24.2 Å². The monoisotopic (exact) mass is 288 g/mol. The standard InChI is InChI=1S/C14H19F3N2O/c1-2-13-9(5-6-20-13)8-19-10-3-4-12(18)11(7-10)14(15,16)17/h3-4,7,9,13,19H,2,5-6,8,18H2,1H3. The molecule has 0 bridgehead atoms. The average molecular weight is 288 g/mol. The first-order valence-corrected chi connectivity index (χ1v) is 6.74. The van der Waals surface area contributed by atoms with E-state index >= 15 is 0 Å². The summed E-state index contributed by atoms with van der Waals surface area (Å²) in [6.07, 6.45) is -2.38. The van der Waals surface area contributed by atoms with Crippen LogP contribution in [0.3, 0.4) is 0 Å². The van der Waals surface area contributed by atoms with Gasteiger partial charge in [-0.1, -0.05) is 6.92 Å². The second-order valence-electron chi connectivity index (χ2n) is 5.05. The van der Waals surface area contributed by atoms with Crippen molar-refractivity contribution in [1.29, 1.82) is 0 Å². The topological polar surface area (TPSA) is 47.3 Å². The minimum atomic E-state index is -4.43. The summed E-state index contributed by atoms with van der Waals surface area (Å²) < 4.78 is 43.8. The van der Waals surface area contributed by atoms with Gasteiger partial charge >= 0.3 is 6.18 Å². The van der Waals surface area contributed by atoms with Crippen molar-refractivity contribution in [3.63, 3.8) is 0 Å². The van der Waals surface area contributed by atoms with E-state index < -0.39 is 11.7 Å². The molecule has 0 amide bonds. The van der Waals surface area contributed by atoms with Crippen LogP contribution in [0.1, 0.15) is 25.3 Å². The number of benzene rings is 1. The van der Waals surface area contributed by atoms with Gasteiger partial charge in [-0.25, -0.2) is 0 Å². The minimum absolute atomic E-state index is 0.193. The number of nitrogen functional groups attached to an aromatic ring is 1. The first-order chi connectivity index (χ1) is 9.41. The second-order valence-corrected chi connectivity index (χ2v) is 5.05. The molecule has 1 fully saturated rings. The Labute approximate surface area is 116 Å². The van der Waals surface area contributed by atoms with Crippen LogP contribution in [0.5, 0.6) is 0 Å². The largest absolute Gasteiger partial charge is 0.418 e. The molecule has 0 aromatic heterocycles. The van der Waals surface area contributed by atoms with E-state index in [9.17, 15) is 13.2 Å². The Morgan fingerprint density at radius 2 is 2.15 bits per heavy atom. The smallest absolute Gasteiger partial charge is 0.398 e. The summed E-state index contributed by atoms with van der Waals surface area (Å²) in [6, 6.07) is 3.92. The summed E-state index contributed by atoms with van der Waals surface area (Å²) in [5.74, 6) is 0.340. The minimum Gasteiger partial charge on any atom is -0.398 e. The zero-order chi connectivity index (χ0) is 14.8. The first-order valence-electron chi connectivity index (χ1n) is 6.74. The molecule has 2 atom stereocenters. The lowest BCUT2D eigenvalue weighted by Crippen LogP contribution is -2.23. The van der Waals surface area contributed by atoms with E-state index in [1.165, 1.54) is 6.07 Å². The average Bonchev–Trinajstić information content (AvgIpc) is 2.84. The molecule has 1 saturated heterocycles. The highest BCUT2D eigenvalue weighted by Crippen LogP contribution is 2.35. The van der Waals surface area contributed by atoms with Gasteiger partial charge in [-0.2, -0.15) is 13.2 Å². The molecule has 2 unspecified atom stereocenters. The molecular formula is C14H19F3N2O. The molecule has 6 heteroatoms. The van der Waals surface area contributed by atoms with E-state index in [1.54, 1.807) is 6.07 Å². The number of rotatable bonds is 4. The molecule has 0 radical (unpaired) electrons. The van der Waals surface area contributed by atoms with Crippen LogP contribution >= 0.6 is 0 Å². The fourth-order valence-electron chi connectivity index (χ4n) is 2.54. The summed E-state index contributed by atoms with van der Waals surface area (Å²) in [5, 5.41) is 3.06. The SMILES string of the molecule is CCC1OCCC1CNc1ccc(N)c(C(F)(F)F)c1. The molecule has 0 spiro atoms. The lowest BCUT2D eigenvalue weighted by atomic mass is 9.99. The van der Waals surface area contributed by atoms with Gasteiger partial charge in [0.25, 0.3) is 0 Å². The number of ether oxygens (including phenoxy) is 1. The van der Waals surface area contributed by atoms with Crippen molar-refractivity contribution >= 4 is 11.4 Å². The number of hydrogen-bond acceptors (Lipinski definition) is 3. The molecule has 112 valence electrons. The fraction of sp³-hybridized carbons (Fsp3) is 0.571. The van der Waals surface area contributed by atoms with Gasteiger partial charge in [-0.15, -0.1) is 0 Å². The van der Waals surface area contributed by atoms with Crippen LogP contribution in [0.4, 0.5) is 24.5 Å². The van der Waals surface area contributed by atoms with Crippen molar-refractivity contribution in [2.24, 2.45) is 5.92 Å². The van der Waals surface area contributed by atoms with Crippen LogP contribution < -0.4 is 11.1 Å². The van der Waals surface area contributed by atoms with Crippen molar-refractivity contribution in [3.8, 4) is 0 Å². The highest BCUT2D eigenvalue weighted by atomic mass is 19.4. The number of alkyl halides is 3. The molecule has 1 aliphatic heterocycles. The summed E-state index contributed by atoms with van der Waals surface area (Å²) in [5.41, 5.74) is 4.76. The normalized spacial score (nSPS) is 23.0. The van der Waals surface area contributed by atoms with Crippen molar-refractivity contribution in [2.45, 2.75) is 32.0 Å². The third-order valence-electron chi connectivity index (χ3n) is 3.68. The number of hydrogen-bond donors (Lipinski definition) is 2. The molecule has 1 aromatic rings. The summed E-state index contributed by atoms with van der Waals surface area (Å²) in [4.78, 5) is 0. The molecule has 3 nitrogen and oxygen atoms in total.